The SMILES string of the molecule is CC1(C)CCC2(CO)C(=C3C=CC4C5(C)CCC(OC6OCC(OC7OC(CO)C(O)C(O)C7OC7OCC(O)C(O)C7O)C(O)C6OC6OC(CO)C(O)C(O)C6O)C(C)(C)C5CCC4(C)C3(C)CC2O)C1. The van der Waals surface area contributed by atoms with Gasteiger partial charge in [0.05, 0.1) is 45.2 Å². The summed E-state index contributed by atoms with van der Waals surface area (Å²) in [5, 5.41) is 141. The van der Waals surface area contributed by atoms with E-state index in [1.54, 1.807) is 0 Å². The highest BCUT2D eigenvalue weighted by Crippen LogP contribution is 2.74. The molecule has 26 unspecified atom stereocenters. The molecular weight excluding hydrogens is 961 g/mol. The summed E-state index contributed by atoms with van der Waals surface area (Å²) in [6.07, 6.45) is -20.3. The summed E-state index contributed by atoms with van der Waals surface area (Å²) >= 11 is 0. The van der Waals surface area contributed by atoms with E-state index in [0.29, 0.717) is 12.8 Å². The Kier molecular flexibility index (Phi) is 15.7. The molecule has 0 aromatic heterocycles. The summed E-state index contributed by atoms with van der Waals surface area (Å²) in [5.41, 5.74) is 0.511. The topological polar surface area (TPSA) is 337 Å². The van der Waals surface area contributed by atoms with Crippen molar-refractivity contribution >= 4 is 0 Å². The van der Waals surface area contributed by atoms with Gasteiger partial charge in [-0.15, -0.1) is 0 Å². The van der Waals surface area contributed by atoms with Crippen LogP contribution in [0.1, 0.15) is 99.8 Å². The number of aliphatic hydroxyl groups excluding tert-OH is 13. The Hall–Kier alpha value is -1.36. The molecule has 26 atom stereocenters. The zero-order valence-corrected chi connectivity index (χ0v) is 43.1. The van der Waals surface area contributed by atoms with E-state index in [4.69, 9.17) is 37.9 Å². The molecule has 4 saturated heterocycles. The molecule has 7 fully saturated rings. The second-order valence-electron chi connectivity index (χ2n) is 25.2. The molecule has 0 aromatic carbocycles. The standard InChI is InChI=1S/C52H84O21/c1-47(2)14-15-52(22-55)24(16-47)23-8-9-30-49(5)12-11-32(48(3,4)29(49)10-13-50(30,6)51(23,7)17-31(52)57)71-45-41(73-44-40(65)37(62)34(59)26(18-53)68-44)36(61)28(21-67-45)70-46-42(38(63)35(60)27(19-54)69-46)72-43-39(64)33(58)25(56)20-66-43/h8-9,25-46,53-65H,10-22H2,1-7H3. The first kappa shape index (κ1) is 56.4. The smallest absolute Gasteiger partial charge is 0.187 e. The molecule has 73 heavy (non-hydrogen) atoms. The molecule has 9 rings (SSSR count). The molecule has 0 spiro atoms. The van der Waals surface area contributed by atoms with Crippen LogP contribution in [0.15, 0.2) is 23.3 Å². The number of rotatable bonds is 11. The van der Waals surface area contributed by atoms with Crippen LogP contribution in [0.3, 0.4) is 0 Å². The Morgan fingerprint density at radius 1 is 0.589 bits per heavy atom. The third-order valence-corrected chi connectivity index (χ3v) is 20.2. The summed E-state index contributed by atoms with van der Waals surface area (Å²) < 4.78 is 48.6. The normalized spacial score (nSPS) is 53.7. The summed E-state index contributed by atoms with van der Waals surface area (Å²) in [7, 11) is 0. The lowest BCUT2D eigenvalue weighted by Gasteiger charge is -2.70. The lowest BCUT2D eigenvalue weighted by atomic mass is 9.35. The van der Waals surface area contributed by atoms with E-state index in [0.717, 1.165) is 38.5 Å². The number of hydrogen-bond donors (Lipinski definition) is 13. The van der Waals surface area contributed by atoms with Crippen LogP contribution in [0.5, 0.6) is 0 Å². The van der Waals surface area contributed by atoms with Gasteiger partial charge in [-0.2, -0.15) is 0 Å². The maximum atomic E-state index is 12.3. The minimum atomic E-state index is -1.89. The van der Waals surface area contributed by atoms with E-state index >= 15 is 0 Å². The molecule has 9 aliphatic rings. The minimum absolute atomic E-state index is 0.0370. The third-order valence-electron chi connectivity index (χ3n) is 20.2. The van der Waals surface area contributed by atoms with E-state index in [1.165, 1.54) is 11.1 Å². The summed E-state index contributed by atoms with van der Waals surface area (Å²) in [6.45, 7) is 13.4. The summed E-state index contributed by atoms with van der Waals surface area (Å²) in [6, 6.07) is 0. The first-order chi connectivity index (χ1) is 34.2. The van der Waals surface area contributed by atoms with Crippen molar-refractivity contribution in [3.63, 3.8) is 0 Å². The Labute approximate surface area is 426 Å². The number of fused-ring (bicyclic) bond motifs is 6. The number of hydrogen-bond acceptors (Lipinski definition) is 21. The zero-order valence-electron chi connectivity index (χ0n) is 43.1. The molecule has 0 amide bonds. The van der Waals surface area contributed by atoms with Gasteiger partial charge in [0.15, 0.2) is 25.2 Å². The van der Waals surface area contributed by atoms with Gasteiger partial charge in [-0.05, 0) is 90.4 Å². The van der Waals surface area contributed by atoms with Crippen molar-refractivity contribution in [2.45, 2.75) is 223 Å². The monoisotopic (exact) mass is 1040 g/mol. The Morgan fingerprint density at radius 2 is 1.21 bits per heavy atom. The summed E-state index contributed by atoms with van der Waals surface area (Å²) in [4.78, 5) is 0. The van der Waals surface area contributed by atoms with Crippen LogP contribution < -0.4 is 0 Å². The van der Waals surface area contributed by atoms with E-state index in [1.807, 2.05) is 0 Å². The van der Waals surface area contributed by atoms with Crippen LogP contribution in [0.2, 0.25) is 0 Å². The lowest BCUT2D eigenvalue weighted by Crippen LogP contribution is -2.67. The first-order valence-electron chi connectivity index (χ1n) is 26.4. The summed E-state index contributed by atoms with van der Waals surface area (Å²) in [5.74, 6) is 0.223. The highest BCUT2D eigenvalue weighted by Gasteiger charge is 2.69. The molecule has 0 aromatic rings. The van der Waals surface area contributed by atoms with Gasteiger partial charge in [0.25, 0.3) is 0 Å². The molecule has 21 heteroatoms. The largest absolute Gasteiger partial charge is 0.395 e. The van der Waals surface area contributed by atoms with E-state index < -0.39 is 160 Å². The van der Waals surface area contributed by atoms with Crippen LogP contribution in [0, 0.1) is 44.3 Å². The average molecular weight is 1050 g/mol. The van der Waals surface area contributed by atoms with Crippen LogP contribution in [-0.2, 0) is 37.9 Å². The Bertz CT molecular complexity index is 2020. The van der Waals surface area contributed by atoms with Crippen molar-refractivity contribution in [2.75, 3.05) is 33.0 Å². The van der Waals surface area contributed by atoms with Crippen LogP contribution >= 0.6 is 0 Å². The average Bonchev–Trinajstić information content (AvgIpc) is 3.33. The first-order valence-corrected chi connectivity index (χ1v) is 26.4. The van der Waals surface area contributed by atoms with Crippen molar-refractivity contribution in [3.05, 3.63) is 23.3 Å². The van der Waals surface area contributed by atoms with Crippen molar-refractivity contribution in [1.82, 2.24) is 0 Å². The van der Waals surface area contributed by atoms with Gasteiger partial charge >= 0.3 is 0 Å². The lowest BCUT2D eigenvalue weighted by molar-refractivity contribution is -0.392. The molecule has 0 bridgehead atoms. The van der Waals surface area contributed by atoms with Gasteiger partial charge in [-0.25, -0.2) is 0 Å². The van der Waals surface area contributed by atoms with Gasteiger partial charge < -0.3 is 104 Å². The quantitative estimate of drug-likeness (QED) is 0.106. The van der Waals surface area contributed by atoms with Gasteiger partial charge in [-0.1, -0.05) is 66.2 Å². The second-order valence-corrected chi connectivity index (χ2v) is 25.2. The maximum Gasteiger partial charge on any atom is 0.187 e. The molecule has 5 aliphatic carbocycles. The Balaban J connectivity index is 0.982. The van der Waals surface area contributed by atoms with E-state index in [2.05, 4.69) is 60.6 Å². The van der Waals surface area contributed by atoms with Gasteiger partial charge in [0.2, 0.25) is 0 Å². The van der Waals surface area contributed by atoms with Crippen LogP contribution in [-0.4, -0.2) is 222 Å². The molecule has 0 radical (unpaired) electrons. The molecular formula is C52H84O21. The fraction of sp³-hybridized carbons (Fsp3) is 0.923. The van der Waals surface area contributed by atoms with Gasteiger partial charge in [-0.3, -0.25) is 0 Å². The highest BCUT2D eigenvalue weighted by atomic mass is 16.8. The predicted molar refractivity (Wildman–Crippen MR) is 252 cm³/mol. The van der Waals surface area contributed by atoms with Gasteiger partial charge in [0, 0.05) is 10.8 Å². The minimum Gasteiger partial charge on any atom is -0.395 e. The molecule has 21 nitrogen and oxygen atoms in total. The molecule has 13 N–H and O–H groups in total. The fourth-order valence-corrected chi connectivity index (χ4v) is 15.4. The molecule has 4 heterocycles. The maximum absolute atomic E-state index is 12.3. The van der Waals surface area contributed by atoms with Gasteiger partial charge in [0.1, 0.15) is 85.5 Å². The van der Waals surface area contributed by atoms with E-state index in [9.17, 15) is 66.4 Å². The number of allylic oxidation sites excluding steroid dienone is 3. The Morgan fingerprint density at radius 3 is 1.88 bits per heavy atom. The molecule has 418 valence electrons. The fourth-order valence-electron chi connectivity index (χ4n) is 15.4. The zero-order chi connectivity index (χ0) is 53.1. The van der Waals surface area contributed by atoms with E-state index in [-0.39, 0.29) is 40.1 Å². The van der Waals surface area contributed by atoms with Crippen molar-refractivity contribution in [2.24, 2.45) is 44.3 Å². The van der Waals surface area contributed by atoms with Crippen molar-refractivity contribution in [3.8, 4) is 0 Å². The van der Waals surface area contributed by atoms with Crippen molar-refractivity contribution < 1.29 is 104 Å². The highest BCUT2D eigenvalue weighted by molar-refractivity contribution is 5.47. The molecule has 4 aliphatic heterocycles. The third kappa shape index (κ3) is 9.16. The van der Waals surface area contributed by atoms with Crippen molar-refractivity contribution in [1.29, 1.82) is 0 Å². The second kappa shape index (κ2) is 20.4. The number of ether oxygens (including phenoxy) is 8. The number of aliphatic hydroxyl groups is 13. The predicted octanol–water partition coefficient (Wildman–Crippen LogP) is -1.39. The molecule has 3 saturated carbocycles. The van der Waals surface area contributed by atoms with Crippen LogP contribution in [0.4, 0.5) is 0 Å². The van der Waals surface area contributed by atoms with Crippen LogP contribution in [0.25, 0.3) is 0 Å².